The maximum absolute atomic E-state index is 11.7. The third kappa shape index (κ3) is 2.34. The van der Waals surface area contributed by atoms with Crippen LogP contribution in [-0.4, -0.2) is 21.4 Å². The standard InChI is InChI=1S/C10H9N3O3S/c1-13-5-7(11-8(13)10(15)16)12-9(14)6-3-2-4-17-6/h2-5H,1H3,(H,12,14)(H,15,16)/p-1. The number of nitrogens with one attached hydrogen (secondary N) is 1. The van der Waals surface area contributed by atoms with Crippen LogP contribution in [0.5, 0.6) is 0 Å². The summed E-state index contributed by atoms with van der Waals surface area (Å²) in [5, 5.41) is 14.9. The van der Waals surface area contributed by atoms with Crippen LogP contribution in [0.15, 0.2) is 23.7 Å². The van der Waals surface area contributed by atoms with Gasteiger partial charge in [-0.05, 0) is 11.4 Å². The van der Waals surface area contributed by atoms with Crippen LogP contribution in [0.1, 0.15) is 20.3 Å². The summed E-state index contributed by atoms with van der Waals surface area (Å²) in [6, 6.07) is 3.42. The zero-order chi connectivity index (χ0) is 12.4. The lowest BCUT2D eigenvalue weighted by Gasteiger charge is -1.99. The first kappa shape index (κ1) is 11.3. The number of imidazole rings is 1. The molecule has 0 unspecified atom stereocenters. The molecule has 0 radical (unpaired) electrons. The Labute approximate surface area is 101 Å². The molecule has 2 heterocycles. The van der Waals surface area contributed by atoms with Gasteiger partial charge in [-0.15, -0.1) is 11.3 Å². The summed E-state index contributed by atoms with van der Waals surface area (Å²) >= 11 is 1.29. The molecule has 1 amide bonds. The van der Waals surface area contributed by atoms with Crippen molar-refractivity contribution in [2.45, 2.75) is 0 Å². The Morgan fingerprint density at radius 1 is 1.53 bits per heavy atom. The minimum absolute atomic E-state index is 0.185. The average molecular weight is 250 g/mol. The number of thiophene rings is 1. The van der Waals surface area contributed by atoms with E-state index in [-0.39, 0.29) is 17.5 Å². The van der Waals surface area contributed by atoms with E-state index in [0.29, 0.717) is 4.88 Å². The van der Waals surface area contributed by atoms with Crippen LogP contribution in [0, 0.1) is 0 Å². The van der Waals surface area contributed by atoms with Gasteiger partial charge in [-0.1, -0.05) is 6.07 Å². The molecule has 0 saturated carbocycles. The number of hydrogen-bond acceptors (Lipinski definition) is 5. The number of aryl methyl sites for hydroxylation is 1. The van der Waals surface area contributed by atoms with Gasteiger partial charge in [0.15, 0.2) is 11.6 Å². The van der Waals surface area contributed by atoms with Gasteiger partial charge in [0.2, 0.25) is 0 Å². The number of carboxylic acids is 1. The fourth-order valence-corrected chi connectivity index (χ4v) is 1.92. The molecule has 17 heavy (non-hydrogen) atoms. The van der Waals surface area contributed by atoms with Crippen molar-refractivity contribution in [2.24, 2.45) is 7.05 Å². The van der Waals surface area contributed by atoms with Crippen LogP contribution in [0.3, 0.4) is 0 Å². The van der Waals surface area contributed by atoms with E-state index >= 15 is 0 Å². The Hall–Kier alpha value is -2.15. The lowest BCUT2D eigenvalue weighted by atomic mass is 10.4. The maximum atomic E-state index is 11.7. The zero-order valence-electron chi connectivity index (χ0n) is 8.84. The van der Waals surface area contributed by atoms with Crippen LogP contribution < -0.4 is 10.4 Å². The number of hydrogen-bond donors (Lipinski definition) is 1. The highest BCUT2D eigenvalue weighted by Crippen LogP contribution is 2.12. The number of aromatic carboxylic acids is 1. The van der Waals surface area contributed by atoms with Crippen molar-refractivity contribution < 1.29 is 14.7 Å². The Bertz CT molecular complexity index is 559. The molecule has 0 atom stereocenters. The monoisotopic (exact) mass is 250 g/mol. The smallest absolute Gasteiger partial charge is 0.266 e. The molecule has 2 aromatic rings. The highest BCUT2D eigenvalue weighted by Gasteiger charge is 2.11. The zero-order valence-corrected chi connectivity index (χ0v) is 9.65. The molecule has 7 heteroatoms. The number of carboxylic acid groups (broad SMARTS) is 1. The topological polar surface area (TPSA) is 87.0 Å². The third-order valence-electron chi connectivity index (χ3n) is 2.05. The summed E-state index contributed by atoms with van der Waals surface area (Å²) < 4.78 is 1.28. The first-order valence-corrected chi connectivity index (χ1v) is 5.55. The molecule has 0 spiro atoms. The predicted molar refractivity (Wildman–Crippen MR) is 59.8 cm³/mol. The van der Waals surface area contributed by atoms with E-state index in [1.165, 1.54) is 29.1 Å². The van der Waals surface area contributed by atoms with E-state index < -0.39 is 5.97 Å². The molecule has 0 saturated heterocycles. The number of rotatable bonds is 3. The van der Waals surface area contributed by atoms with Crippen LogP contribution >= 0.6 is 11.3 Å². The molecule has 6 nitrogen and oxygen atoms in total. The molecule has 0 aliphatic heterocycles. The summed E-state index contributed by atoms with van der Waals surface area (Å²) in [5.74, 6) is -1.75. The van der Waals surface area contributed by atoms with Crippen LogP contribution in [0.2, 0.25) is 0 Å². The predicted octanol–water partition coefficient (Wildman–Crippen LogP) is 0.0974. The number of carbonyl (C=O) groups excluding carboxylic acids is 2. The van der Waals surface area contributed by atoms with Gasteiger partial charge in [-0.25, -0.2) is 4.98 Å². The van der Waals surface area contributed by atoms with E-state index in [2.05, 4.69) is 10.3 Å². The maximum Gasteiger partial charge on any atom is 0.266 e. The normalized spacial score (nSPS) is 10.2. The minimum atomic E-state index is -1.39. The Balaban J connectivity index is 2.17. The SMILES string of the molecule is Cn1cc(NC(=O)c2cccs2)nc1C(=O)[O-]. The molecular weight excluding hydrogens is 242 g/mol. The average Bonchev–Trinajstić information content (AvgIpc) is 2.86. The Morgan fingerprint density at radius 3 is 2.82 bits per heavy atom. The second-order valence-corrected chi connectivity index (χ2v) is 4.23. The summed E-state index contributed by atoms with van der Waals surface area (Å²) in [5.41, 5.74) is 0. The van der Waals surface area contributed by atoms with Crippen LogP contribution in [-0.2, 0) is 7.05 Å². The lowest BCUT2D eigenvalue weighted by Crippen LogP contribution is -2.25. The highest BCUT2D eigenvalue weighted by atomic mass is 32.1. The summed E-state index contributed by atoms with van der Waals surface area (Å²) in [4.78, 5) is 26.6. The van der Waals surface area contributed by atoms with Gasteiger partial charge >= 0.3 is 0 Å². The van der Waals surface area contributed by atoms with Crippen molar-refractivity contribution in [3.8, 4) is 0 Å². The molecule has 0 aliphatic rings. The van der Waals surface area contributed by atoms with Crippen molar-refractivity contribution >= 4 is 29.0 Å². The van der Waals surface area contributed by atoms with E-state index in [1.54, 1.807) is 17.5 Å². The molecule has 0 fully saturated rings. The molecule has 0 aromatic carbocycles. The van der Waals surface area contributed by atoms with Crippen molar-refractivity contribution in [1.29, 1.82) is 0 Å². The van der Waals surface area contributed by atoms with Crippen molar-refractivity contribution in [3.05, 3.63) is 34.4 Å². The Morgan fingerprint density at radius 2 is 2.29 bits per heavy atom. The molecule has 0 aliphatic carbocycles. The molecule has 1 N–H and O–H groups in total. The summed E-state index contributed by atoms with van der Waals surface area (Å²) in [6.07, 6.45) is 1.41. The van der Waals surface area contributed by atoms with Gasteiger partial charge < -0.3 is 19.8 Å². The minimum Gasteiger partial charge on any atom is -0.542 e. The number of carbonyl (C=O) groups is 2. The van der Waals surface area contributed by atoms with E-state index in [4.69, 9.17) is 0 Å². The molecule has 2 rings (SSSR count). The number of anilines is 1. The third-order valence-corrected chi connectivity index (χ3v) is 2.91. The number of nitrogens with zero attached hydrogens (tertiary/aromatic N) is 2. The van der Waals surface area contributed by atoms with Crippen molar-refractivity contribution in [2.75, 3.05) is 5.32 Å². The van der Waals surface area contributed by atoms with Crippen LogP contribution in [0.25, 0.3) is 0 Å². The quantitative estimate of drug-likeness (QED) is 0.836. The molecule has 88 valence electrons. The van der Waals surface area contributed by atoms with E-state index in [1.807, 2.05) is 0 Å². The second-order valence-electron chi connectivity index (χ2n) is 3.28. The largest absolute Gasteiger partial charge is 0.542 e. The van der Waals surface area contributed by atoms with Gasteiger partial charge in [-0.2, -0.15) is 0 Å². The second kappa shape index (κ2) is 4.38. The molecule has 0 bridgehead atoms. The lowest BCUT2D eigenvalue weighted by molar-refractivity contribution is -0.256. The first-order chi connectivity index (χ1) is 8.08. The summed E-state index contributed by atoms with van der Waals surface area (Å²) in [7, 11) is 1.51. The van der Waals surface area contributed by atoms with Crippen LogP contribution in [0.4, 0.5) is 5.82 Å². The van der Waals surface area contributed by atoms with Gasteiger partial charge in [-0.3, -0.25) is 4.79 Å². The van der Waals surface area contributed by atoms with Crippen molar-refractivity contribution in [1.82, 2.24) is 9.55 Å². The van der Waals surface area contributed by atoms with Gasteiger partial charge in [0.1, 0.15) is 5.97 Å². The van der Waals surface area contributed by atoms with E-state index in [9.17, 15) is 14.7 Å². The van der Waals surface area contributed by atoms with Gasteiger partial charge in [0.25, 0.3) is 5.91 Å². The molecular formula is C10H8N3O3S-. The van der Waals surface area contributed by atoms with Gasteiger partial charge in [0.05, 0.1) is 4.88 Å². The molecule has 2 aromatic heterocycles. The van der Waals surface area contributed by atoms with Gasteiger partial charge in [0, 0.05) is 13.2 Å². The van der Waals surface area contributed by atoms with E-state index in [0.717, 1.165) is 0 Å². The number of aromatic nitrogens is 2. The fraction of sp³-hybridized carbons (Fsp3) is 0.100. The highest BCUT2D eigenvalue weighted by molar-refractivity contribution is 7.12. The number of amides is 1. The van der Waals surface area contributed by atoms with Crippen molar-refractivity contribution in [3.63, 3.8) is 0 Å². The Kier molecular flexibility index (Phi) is 2.92. The summed E-state index contributed by atoms with van der Waals surface area (Å²) in [6.45, 7) is 0. The fourth-order valence-electron chi connectivity index (χ4n) is 1.30. The first-order valence-electron chi connectivity index (χ1n) is 4.67.